The Balaban J connectivity index is 1.14. The summed E-state index contributed by atoms with van der Waals surface area (Å²) in [5, 5.41) is -0.370. The lowest BCUT2D eigenvalue weighted by molar-refractivity contribution is -0.134. The predicted octanol–water partition coefficient (Wildman–Crippen LogP) is 8.99. The van der Waals surface area contributed by atoms with Crippen LogP contribution in [0.1, 0.15) is 111 Å². The van der Waals surface area contributed by atoms with Crippen molar-refractivity contribution in [3.8, 4) is 0 Å². The molecular formula is C36H50Cl2O5. The van der Waals surface area contributed by atoms with Gasteiger partial charge in [0.1, 0.15) is 6.10 Å². The highest BCUT2D eigenvalue weighted by molar-refractivity contribution is 6.34. The van der Waals surface area contributed by atoms with Crippen molar-refractivity contribution in [2.24, 2.45) is 46.3 Å². The van der Waals surface area contributed by atoms with Gasteiger partial charge in [-0.25, -0.2) is 4.79 Å². The van der Waals surface area contributed by atoms with Crippen LogP contribution in [0.3, 0.4) is 0 Å². The zero-order chi connectivity index (χ0) is 30.6. The molecule has 0 N–H and O–H groups in total. The first-order valence-corrected chi connectivity index (χ1v) is 17.9. The maximum Gasteiger partial charge on any atom is 0.509 e. The maximum absolute atomic E-state index is 13.9. The van der Waals surface area contributed by atoms with E-state index in [9.17, 15) is 14.4 Å². The van der Waals surface area contributed by atoms with Gasteiger partial charge < -0.3 is 9.47 Å². The molecule has 0 saturated heterocycles. The first-order chi connectivity index (χ1) is 20.5. The van der Waals surface area contributed by atoms with Crippen molar-refractivity contribution in [1.29, 1.82) is 0 Å². The van der Waals surface area contributed by atoms with Crippen molar-refractivity contribution < 1.29 is 23.9 Å². The van der Waals surface area contributed by atoms with Gasteiger partial charge in [0.15, 0.2) is 18.2 Å². The lowest BCUT2D eigenvalue weighted by Gasteiger charge is -2.63. The van der Waals surface area contributed by atoms with Crippen molar-refractivity contribution in [3.63, 3.8) is 0 Å². The predicted molar refractivity (Wildman–Crippen MR) is 169 cm³/mol. The molecule has 5 saturated carbocycles. The normalized spacial score (nSPS) is 41.7. The summed E-state index contributed by atoms with van der Waals surface area (Å²) in [5.41, 5.74) is 0.244. The van der Waals surface area contributed by atoms with Gasteiger partial charge in [0.05, 0.1) is 10.3 Å². The number of alkyl halides is 2. The summed E-state index contributed by atoms with van der Waals surface area (Å²) in [6, 6.07) is 0. The summed E-state index contributed by atoms with van der Waals surface area (Å²) < 4.78 is 11.7. The third kappa shape index (κ3) is 5.34. The second kappa shape index (κ2) is 12.1. The number of ketones is 2. The molecule has 8 atom stereocenters. The van der Waals surface area contributed by atoms with E-state index in [1.165, 1.54) is 38.5 Å². The van der Waals surface area contributed by atoms with Gasteiger partial charge in [-0.05, 0) is 98.5 Å². The largest absolute Gasteiger partial charge is 0.509 e. The van der Waals surface area contributed by atoms with E-state index in [0.717, 1.165) is 50.5 Å². The van der Waals surface area contributed by atoms with E-state index in [1.54, 1.807) is 12.2 Å². The molecule has 0 heterocycles. The Morgan fingerprint density at radius 1 is 0.977 bits per heavy atom. The molecule has 6 rings (SSSR count). The van der Waals surface area contributed by atoms with Gasteiger partial charge >= 0.3 is 6.16 Å². The van der Waals surface area contributed by atoms with E-state index in [2.05, 4.69) is 20.8 Å². The number of hydrogen-bond donors (Lipinski definition) is 0. The van der Waals surface area contributed by atoms with Crippen LogP contribution in [0.5, 0.6) is 0 Å². The van der Waals surface area contributed by atoms with Gasteiger partial charge in [-0.3, -0.25) is 9.59 Å². The number of rotatable bonds is 6. The fourth-order valence-corrected chi connectivity index (χ4v) is 12.3. The van der Waals surface area contributed by atoms with Gasteiger partial charge in [-0.1, -0.05) is 70.9 Å². The maximum atomic E-state index is 13.9. The van der Waals surface area contributed by atoms with E-state index in [1.807, 2.05) is 6.08 Å². The Morgan fingerprint density at radius 2 is 1.60 bits per heavy atom. The Bertz CT molecular complexity index is 1150. The number of fused-ring (bicyclic) bond motifs is 5. The highest BCUT2D eigenvalue weighted by Crippen LogP contribution is 2.71. The number of carbonyl (C=O) groups is 3. The SMILES string of the molecule is CC1CC2C3CCC4=CC(=O)C=CC4(C)C3(Cl)C(Cl)CC2(C)C1C(=O)COC(=O)OC(C1CCCCC1)C1CCCCC1. The smallest absolute Gasteiger partial charge is 0.430 e. The molecule has 0 bridgehead atoms. The van der Waals surface area contributed by atoms with Crippen molar-refractivity contribution in [3.05, 3.63) is 23.8 Å². The third-order valence-electron chi connectivity index (χ3n) is 13.1. The third-order valence-corrected chi connectivity index (χ3v) is 14.6. The quantitative estimate of drug-likeness (QED) is 0.216. The lowest BCUT2D eigenvalue weighted by Crippen LogP contribution is -2.64. The van der Waals surface area contributed by atoms with Crippen LogP contribution in [0, 0.1) is 46.3 Å². The van der Waals surface area contributed by atoms with Crippen LogP contribution in [-0.4, -0.2) is 40.7 Å². The van der Waals surface area contributed by atoms with Crippen LogP contribution in [0.15, 0.2) is 23.8 Å². The van der Waals surface area contributed by atoms with Gasteiger partial charge in [0.2, 0.25) is 0 Å². The molecule has 0 aromatic carbocycles. The van der Waals surface area contributed by atoms with Crippen molar-refractivity contribution in [1.82, 2.24) is 0 Å². The average molecular weight is 634 g/mol. The molecule has 5 fully saturated rings. The van der Waals surface area contributed by atoms with Crippen LogP contribution < -0.4 is 0 Å². The van der Waals surface area contributed by atoms with E-state index >= 15 is 0 Å². The number of carbonyl (C=O) groups excluding carboxylic acids is 3. The molecule has 6 aliphatic carbocycles. The molecule has 43 heavy (non-hydrogen) atoms. The number of allylic oxidation sites excluding steroid dienone is 4. The molecule has 7 heteroatoms. The summed E-state index contributed by atoms with van der Waals surface area (Å²) in [7, 11) is 0. The Kier molecular flexibility index (Phi) is 8.92. The summed E-state index contributed by atoms with van der Waals surface area (Å²) in [5.74, 6) is 1.01. The summed E-state index contributed by atoms with van der Waals surface area (Å²) in [6.07, 6.45) is 19.5. The van der Waals surface area contributed by atoms with Crippen LogP contribution >= 0.6 is 23.2 Å². The molecule has 8 unspecified atom stereocenters. The number of hydrogen-bond acceptors (Lipinski definition) is 5. The van der Waals surface area contributed by atoms with Crippen molar-refractivity contribution in [2.45, 2.75) is 127 Å². The summed E-state index contributed by atoms with van der Waals surface area (Å²) in [6.45, 7) is 6.25. The highest BCUT2D eigenvalue weighted by Gasteiger charge is 2.70. The molecule has 5 nitrogen and oxygen atoms in total. The van der Waals surface area contributed by atoms with Crippen LogP contribution in [-0.2, 0) is 19.1 Å². The molecule has 0 aromatic heterocycles. The first-order valence-electron chi connectivity index (χ1n) is 17.1. The van der Waals surface area contributed by atoms with E-state index in [-0.39, 0.29) is 58.7 Å². The van der Waals surface area contributed by atoms with E-state index in [0.29, 0.717) is 18.3 Å². The second-order valence-electron chi connectivity index (χ2n) is 15.4. The van der Waals surface area contributed by atoms with Gasteiger partial charge in [0.25, 0.3) is 0 Å². The highest BCUT2D eigenvalue weighted by atomic mass is 35.5. The Morgan fingerprint density at radius 3 is 2.23 bits per heavy atom. The molecule has 0 aromatic rings. The molecule has 0 spiro atoms. The molecule has 238 valence electrons. The molecular weight excluding hydrogens is 583 g/mol. The lowest BCUT2D eigenvalue weighted by atomic mass is 9.47. The molecule has 0 radical (unpaired) electrons. The number of ether oxygens (including phenoxy) is 2. The minimum Gasteiger partial charge on any atom is -0.430 e. The van der Waals surface area contributed by atoms with Gasteiger partial charge in [-0.15, -0.1) is 23.2 Å². The van der Waals surface area contributed by atoms with Crippen molar-refractivity contribution >= 4 is 40.9 Å². The molecule has 0 aliphatic heterocycles. The molecule has 0 amide bonds. The standard InChI is InChI=1S/C36H50Cl2O5/c1-22-18-28-27-15-14-25-19-26(39)16-17-35(25,3)36(27,38)30(37)20-34(28,2)31(22)29(40)21-42-33(41)43-32(23-10-6-4-7-11-23)24-12-8-5-9-13-24/h16-17,19,22-24,27-28,30-32H,4-15,18,20-21H2,1-3H3. The zero-order valence-corrected chi connectivity index (χ0v) is 27.8. The Hall–Kier alpha value is -1.33. The summed E-state index contributed by atoms with van der Waals surface area (Å²) >= 11 is 15.0. The topological polar surface area (TPSA) is 69.7 Å². The average Bonchev–Trinajstić information content (AvgIpc) is 3.26. The van der Waals surface area contributed by atoms with E-state index in [4.69, 9.17) is 32.7 Å². The zero-order valence-electron chi connectivity index (χ0n) is 26.3. The van der Waals surface area contributed by atoms with E-state index < -0.39 is 16.4 Å². The second-order valence-corrected chi connectivity index (χ2v) is 16.5. The Labute approximate surface area is 267 Å². The van der Waals surface area contributed by atoms with Crippen LogP contribution in [0.25, 0.3) is 0 Å². The number of Topliss-reactive ketones (excluding diaryl/α,β-unsaturated/α-hetero) is 1. The van der Waals surface area contributed by atoms with Crippen LogP contribution in [0.2, 0.25) is 0 Å². The molecule has 6 aliphatic rings. The monoisotopic (exact) mass is 632 g/mol. The minimum atomic E-state index is -0.731. The number of halogens is 2. The summed E-state index contributed by atoms with van der Waals surface area (Å²) in [4.78, 5) is 38.5. The van der Waals surface area contributed by atoms with Gasteiger partial charge in [-0.2, -0.15) is 0 Å². The first kappa shape index (κ1) is 31.6. The minimum absolute atomic E-state index is 0.0143. The fraction of sp³-hybridized carbons (Fsp3) is 0.806. The van der Waals surface area contributed by atoms with Crippen LogP contribution in [0.4, 0.5) is 4.79 Å². The van der Waals surface area contributed by atoms with Gasteiger partial charge in [0, 0.05) is 11.3 Å². The van der Waals surface area contributed by atoms with Crippen molar-refractivity contribution in [2.75, 3.05) is 6.61 Å². The fourth-order valence-electron chi connectivity index (χ4n) is 11.1.